The Morgan fingerprint density at radius 2 is 2.00 bits per heavy atom. The van der Waals surface area contributed by atoms with Gasteiger partial charge < -0.3 is 10.4 Å². The van der Waals surface area contributed by atoms with E-state index in [0.29, 0.717) is 13.0 Å². The van der Waals surface area contributed by atoms with Crippen molar-refractivity contribution >= 4 is 11.7 Å². The third-order valence-electron chi connectivity index (χ3n) is 3.08. The number of halogens is 1. The third-order valence-corrected chi connectivity index (χ3v) is 3.08. The summed E-state index contributed by atoms with van der Waals surface area (Å²) in [5, 5.41) is 12.1. The van der Waals surface area contributed by atoms with Gasteiger partial charge in [0.2, 0.25) is 0 Å². The zero-order valence-electron chi connectivity index (χ0n) is 8.87. The molecule has 4 heteroatoms. The molecule has 0 atom stereocenters. The second-order valence-electron chi connectivity index (χ2n) is 4.27. The Morgan fingerprint density at radius 3 is 2.50 bits per heavy atom. The molecule has 16 heavy (non-hydrogen) atoms. The Kier molecular flexibility index (Phi) is 2.81. The van der Waals surface area contributed by atoms with Crippen molar-refractivity contribution in [1.82, 2.24) is 0 Å². The Balaban J connectivity index is 1.80. The maximum atomic E-state index is 12.6. The summed E-state index contributed by atoms with van der Waals surface area (Å²) in [6.07, 6.45) is 2.17. The number of benzene rings is 1. The Morgan fingerprint density at radius 1 is 1.38 bits per heavy atom. The molecule has 0 aromatic heterocycles. The van der Waals surface area contributed by atoms with E-state index in [1.807, 2.05) is 0 Å². The molecule has 2 N–H and O–H groups in total. The zero-order valence-corrected chi connectivity index (χ0v) is 8.87. The maximum Gasteiger partial charge on any atom is 0.309 e. The highest BCUT2D eigenvalue weighted by atomic mass is 19.1. The van der Waals surface area contributed by atoms with Gasteiger partial charge in [0, 0.05) is 12.2 Å². The predicted octanol–water partition coefficient (Wildman–Crippen LogP) is 2.49. The minimum Gasteiger partial charge on any atom is -0.481 e. The van der Waals surface area contributed by atoms with Gasteiger partial charge in [-0.25, -0.2) is 4.39 Å². The molecule has 0 aliphatic heterocycles. The lowest BCUT2D eigenvalue weighted by Gasteiger charge is -2.11. The van der Waals surface area contributed by atoms with E-state index in [1.165, 1.54) is 12.1 Å². The lowest BCUT2D eigenvalue weighted by atomic mass is 10.0. The summed E-state index contributed by atoms with van der Waals surface area (Å²) in [4.78, 5) is 10.9. The fourth-order valence-corrected chi connectivity index (χ4v) is 1.74. The molecule has 0 heterocycles. The second kappa shape index (κ2) is 4.12. The van der Waals surface area contributed by atoms with Crippen LogP contribution in [0.4, 0.5) is 10.1 Å². The second-order valence-corrected chi connectivity index (χ2v) is 4.27. The molecule has 0 saturated heterocycles. The van der Waals surface area contributed by atoms with Gasteiger partial charge in [0.05, 0.1) is 5.41 Å². The van der Waals surface area contributed by atoms with Crippen molar-refractivity contribution in [2.75, 3.05) is 11.9 Å². The number of carboxylic acid groups (broad SMARTS) is 1. The van der Waals surface area contributed by atoms with Gasteiger partial charge in [-0.2, -0.15) is 0 Å². The lowest BCUT2D eigenvalue weighted by Crippen LogP contribution is -2.18. The smallest absolute Gasteiger partial charge is 0.309 e. The van der Waals surface area contributed by atoms with Gasteiger partial charge in [-0.05, 0) is 43.5 Å². The van der Waals surface area contributed by atoms with Gasteiger partial charge in [-0.1, -0.05) is 0 Å². The summed E-state index contributed by atoms with van der Waals surface area (Å²) < 4.78 is 12.6. The average Bonchev–Trinajstić information content (AvgIpc) is 3.02. The molecule has 0 radical (unpaired) electrons. The van der Waals surface area contributed by atoms with Crippen LogP contribution in [0.5, 0.6) is 0 Å². The number of hydrogen-bond acceptors (Lipinski definition) is 2. The SMILES string of the molecule is O=C(O)C1(CCNc2ccc(F)cc2)CC1. The molecule has 1 fully saturated rings. The molecule has 1 aromatic carbocycles. The highest BCUT2D eigenvalue weighted by molar-refractivity contribution is 5.77. The molecule has 1 aliphatic carbocycles. The molecular formula is C12H14FNO2. The van der Waals surface area contributed by atoms with Crippen molar-refractivity contribution in [1.29, 1.82) is 0 Å². The van der Waals surface area contributed by atoms with Gasteiger partial charge >= 0.3 is 5.97 Å². The van der Waals surface area contributed by atoms with Crippen LogP contribution in [0.25, 0.3) is 0 Å². The highest BCUT2D eigenvalue weighted by Gasteiger charge is 2.49. The molecule has 0 bridgehead atoms. The number of carbonyl (C=O) groups is 1. The number of rotatable bonds is 5. The standard InChI is InChI=1S/C12H14FNO2/c13-9-1-3-10(4-2-9)14-8-7-12(5-6-12)11(15)16/h1-4,14H,5-8H2,(H,15,16). The van der Waals surface area contributed by atoms with E-state index >= 15 is 0 Å². The largest absolute Gasteiger partial charge is 0.481 e. The van der Waals surface area contributed by atoms with E-state index < -0.39 is 11.4 Å². The summed E-state index contributed by atoms with van der Waals surface area (Å²) in [5.41, 5.74) is 0.329. The van der Waals surface area contributed by atoms with Crippen LogP contribution >= 0.6 is 0 Å². The van der Waals surface area contributed by atoms with Crippen molar-refractivity contribution in [3.05, 3.63) is 30.1 Å². The van der Waals surface area contributed by atoms with E-state index in [9.17, 15) is 9.18 Å². The number of aliphatic carboxylic acids is 1. The van der Waals surface area contributed by atoms with E-state index in [1.54, 1.807) is 12.1 Å². The summed E-state index contributed by atoms with van der Waals surface area (Å²) in [5.74, 6) is -0.969. The number of hydrogen-bond donors (Lipinski definition) is 2. The van der Waals surface area contributed by atoms with Crippen LogP contribution in [0.3, 0.4) is 0 Å². The molecule has 3 nitrogen and oxygen atoms in total. The molecule has 1 saturated carbocycles. The summed E-state index contributed by atoms with van der Waals surface area (Å²) in [6.45, 7) is 0.609. The van der Waals surface area contributed by atoms with Crippen LogP contribution in [0, 0.1) is 11.2 Å². The molecule has 1 aromatic rings. The van der Waals surface area contributed by atoms with Gasteiger partial charge in [0.1, 0.15) is 5.82 Å². The minimum atomic E-state index is -0.701. The van der Waals surface area contributed by atoms with Crippen LogP contribution in [0.2, 0.25) is 0 Å². The van der Waals surface area contributed by atoms with Gasteiger partial charge in [-0.15, -0.1) is 0 Å². The topological polar surface area (TPSA) is 49.3 Å². The van der Waals surface area contributed by atoms with Crippen molar-refractivity contribution < 1.29 is 14.3 Å². The number of nitrogens with one attached hydrogen (secondary N) is 1. The molecule has 1 aliphatic rings. The first kappa shape index (κ1) is 10.9. The summed E-state index contributed by atoms with van der Waals surface area (Å²) >= 11 is 0. The van der Waals surface area contributed by atoms with Crippen LogP contribution in [-0.2, 0) is 4.79 Å². The third kappa shape index (κ3) is 2.32. The molecule has 86 valence electrons. The van der Waals surface area contributed by atoms with Crippen LogP contribution in [0.15, 0.2) is 24.3 Å². The van der Waals surface area contributed by atoms with Gasteiger partial charge in [-0.3, -0.25) is 4.79 Å². The monoisotopic (exact) mass is 223 g/mol. The molecular weight excluding hydrogens is 209 g/mol. The summed E-state index contributed by atoms with van der Waals surface area (Å²) in [7, 11) is 0. The van der Waals surface area contributed by atoms with Crippen LogP contribution in [0.1, 0.15) is 19.3 Å². The van der Waals surface area contributed by atoms with Crippen molar-refractivity contribution in [2.45, 2.75) is 19.3 Å². The van der Waals surface area contributed by atoms with E-state index in [0.717, 1.165) is 18.5 Å². The quantitative estimate of drug-likeness (QED) is 0.806. The maximum absolute atomic E-state index is 12.6. The minimum absolute atomic E-state index is 0.269. The Hall–Kier alpha value is -1.58. The first-order chi connectivity index (χ1) is 7.62. The Labute approximate surface area is 93.3 Å². The highest BCUT2D eigenvalue weighted by Crippen LogP contribution is 2.48. The fraction of sp³-hybridized carbons (Fsp3) is 0.417. The summed E-state index contributed by atoms with van der Waals surface area (Å²) in [6, 6.07) is 6.06. The molecule has 0 unspecified atom stereocenters. The van der Waals surface area contributed by atoms with Gasteiger partial charge in [0.25, 0.3) is 0 Å². The van der Waals surface area contributed by atoms with Crippen LogP contribution < -0.4 is 5.32 Å². The lowest BCUT2D eigenvalue weighted by molar-refractivity contribution is -0.143. The average molecular weight is 223 g/mol. The molecule has 2 rings (SSSR count). The number of anilines is 1. The normalized spacial score (nSPS) is 16.8. The Bertz CT molecular complexity index is 385. The van der Waals surface area contributed by atoms with Crippen molar-refractivity contribution in [3.8, 4) is 0 Å². The van der Waals surface area contributed by atoms with Crippen molar-refractivity contribution in [2.24, 2.45) is 5.41 Å². The first-order valence-electron chi connectivity index (χ1n) is 5.35. The zero-order chi connectivity index (χ0) is 11.6. The first-order valence-corrected chi connectivity index (χ1v) is 5.35. The van der Waals surface area contributed by atoms with Gasteiger partial charge in [0.15, 0.2) is 0 Å². The molecule has 0 spiro atoms. The van der Waals surface area contributed by atoms with Crippen molar-refractivity contribution in [3.63, 3.8) is 0 Å². The predicted molar refractivity (Wildman–Crippen MR) is 58.8 cm³/mol. The number of carboxylic acids is 1. The van der Waals surface area contributed by atoms with E-state index in [4.69, 9.17) is 5.11 Å². The van der Waals surface area contributed by atoms with E-state index in [-0.39, 0.29) is 5.82 Å². The van der Waals surface area contributed by atoms with Crippen LogP contribution in [-0.4, -0.2) is 17.6 Å². The molecule has 0 amide bonds. The van der Waals surface area contributed by atoms with E-state index in [2.05, 4.69) is 5.32 Å². The fourth-order valence-electron chi connectivity index (χ4n) is 1.74.